The summed E-state index contributed by atoms with van der Waals surface area (Å²) in [6.45, 7) is 0.520. The number of benzene rings is 2. The second-order valence-electron chi connectivity index (χ2n) is 7.71. The van der Waals surface area contributed by atoms with E-state index in [1.54, 1.807) is 15.8 Å². The Labute approximate surface area is 174 Å². The molecule has 1 amide bonds. The standard InChI is InChI=1S/C24H22N4O2/c1-27(15-18-11-16-7-3-6-10-23(16)30-18)24(29)20-12-22(17-13-25-28(2)14-17)26-21-9-5-4-8-19(20)21/h3-10,12-14,18H,11,15H2,1-2H3/t18-/m1/s1. The Morgan fingerprint density at radius 2 is 2.00 bits per heavy atom. The number of carbonyl (C=O) groups is 1. The van der Waals surface area contributed by atoms with E-state index in [9.17, 15) is 4.79 Å². The molecule has 0 radical (unpaired) electrons. The van der Waals surface area contributed by atoms with Crippen molar-refractivity contribution in [1.82, 2.24) is 19.7 Å². The lowest BCUT2D eigenvalue weighted by Crippen LogP contribution is -2.36. The van der Waals surface area contributed by atoms with Crippen LogP contribution < -0.4 is 4.74 Å². The van der Waals surface area contributed by atoms with Gasteiger partial charge >= 0.3 is 0 Å². The van der Waals surface area contributed by atoms with Crippen LogP contribution in [0.1, 0.15) is 15.9 Å². The molecule has 1 aliphatic rings. The SMILES string of the molecule is CN(C[C@H]1Cc2ccccc2O1)C(=O)c1cc(-c2cnn(C)c2)nc2ccccc12. The molecule has 4 aromatic rings. The molecule has 2 aromatic heterocycles. The van der Waals surface area contributed by atoms with Crippen molar-refractivity contribution in [3.63, 3.8) is 0 Å². The lowest BCUT2D eigenvalue weighted by Gasteiger charge is -2.22. The van der Waals surface area contributed by atoms with Gasteiger partial charge in [-0.25, -0.2) is 4.98 Å². The minimum atomic E-state index is -0.0432. The van der Waals surface area contributed by atoms with Crippen LogP contribution in [-0.4, -0.2) is 45.3 Å². The van der Waals surface area contributed by atoms with Crippen molar-refractivity contribution in [2.24, 2.45) is 7.05 Å². The summed E-state index contributed by atoms with van der Waals surface area (Å²) in [6.07, 6.45) is 4.44. The Bertz CT molecular complexity index is 1220. The molecule has 5 rings (SSSR count). The number of likely N-dealkylation sites (N-methyl/N-ethyl adjacent to an activating group) is 1. The van der Waals surface area contributed by atoms with Gasteiger partial charge in [-0.05, 0) is 23.8 Å². The van der Waals surface area contributed by atoms with Crippen molar-refractivity contribution >= 4 is 16.8 Å². The van der Waals surface area contributed by atoms with Crippen LogP contribution in [0.2, 0.25) is 0 Å². The van der Waals surface area contributed by atoms with E-state index < -0.39 is 0 Å². The van der Waals surface area contributed by atoms with E-state index >= 15 is 0 Å². The third kappa shape index (κ3) is 3.30. The third-order valence-electron chi connectivity index (χ3n) is 5.49. The van der Waals surface area contributed by atoms with Crippen molar-refractivity contribution in [1.29, 1.82) is 0 Å². The molecular weight excluding hydrogens is 376 g/mol. The Kier molecular flexibility index (Phi) is 4.47. The zero-order valence-corrected chi connectivity index (χ0v) is 16.9. The number of nitrogens with zero attached hydrogens (tertiary/aromatic N) is 4. The first-order chi connectivity index (χ1) is 14.6. The zero-order chi connectivity index (χ0) is 20.7. The highest BCUT2D eigenvalue weighted by Crippen LogP contribution is 2.29. The first-order valence-corrected chi connectivity index (χ1v) is 9.97. The van der Waals surface area contributed by atoms with Gasteiger partial charge in [0.25, 0.3) is 5.91 Å². The zero-order valence-electron chi connectivity index (χ0n) is 16.9. The molecule has 3 heterocycles. The molecule has 1 atom stereocenters. The summed E-state index contributed by atoms with van der Waals surface area (Å²) >= 11 is 0. The topological polar surface area (TPSA) is 60.2 Å². The Hall–Kier alpha value is -3.67. The summed E-state index contributed by atoms with van der Waals surface area (Å²) in [7, 11) is 3.69. The molecule has 0 fully saturated rings. The fourth-order valence-corrected chi connectivity index (χ4v) is 4.00. The monoisotopic (exact) mass is 398 g/mol. The predicted octanol–water partition coefficient (Wildman–Crippen LogP) is 3.71. The number of pyridine rings is 1. The molecule has 6 heteroatoms. The number of ether oxygens (including phenoxy) is 1. The number of hydrogen-bond acceptors (Lipinski definition) is 4. The van der Waals surface area contributed by atoms with Crippen LogP contribution in [0.25, 0.3) is 22.2 Å². The highest BCUT2D eigenvalue weighted by Gasteiger charge is 2.26. The molecule has 0 spiro atoms. The fourth-order valence-electron chi connectivity index (χ4n) is 4.00. The van der Waals surface area contributed by atoms with Gasteiger partial charge in [0.05, 0.1) is 29.5 Å². The summed E-state index contributed by atoms with van der Waals surface area (Å²) in [4.78, 5) is 19.9. The fraction of sp³-hybridized carbons (Fsp3) is 0.208. The van der Waals surface area contributed by atoms with Gasteiger partial charge in [-0.3, -0.25) is 9.48 Å². The maximum Gasteiger partial charge on any atom is 0.254 e. The average molecular weight is 398 g/mol. The minimum Gasteiger partial charge on any atom is -0.488 e. The van der Waals surface area contributed by atoms with Gasteiger partial charge in [-0.2, -0.15) is 5.10 Å². The van der Waals surface area contributed by atoms with Gasteiger partial charge in [-0.1, -0.05) is 36.4 Å². The van der Waals surface area contributed by atoms with E-state index in [-0.39, 0.29) is 12.0 Å². The quantitative estimate of drug-likeness (QED) is 0.526. The van der Waals surface area contributed by atoms with E-state index in [0.717, 1.165) is 34.3 Å². The first-order valence-electron chi connectivity index (χ1n) is 9.97. The molecule has 0 aliphatic carbocycles. The van der Waals surface area contributed by atoms with Gasteiger partial charge in [0.15, 0.2) is 0 Å². The van der Waals surface area contributed by atoms with Crippen molar-refractivity contribution in [2.45, 2.75) is 12.5 Å². The van der Waals surface area contributed by atoms with Crippen LogP contribution in [0.15, 0.2) is 67.0 Å². The molecule has 0 bridgehead atoms. The number of aromatic nitrogens is 3. The summed E-state index contributed by atoms with van der Waals surface area (Å²) in [5.41, 5.74) is 4.24. The molecule has 0 unspecified atom stereocenters. The van der Waals surface area contributed by atoms with Gasteiger partial charge < -0.3 is 9.64 Å². The van der Waals surface area contributed by atoms with Crippen molar-refractivity contribution < 1.29 is 9.53 Å². The second-order valence-corrected chi connectivity index (χ2v) is 7.71. The molecule has 30 heavy (non-hydrogen) atoms. The first kappa shape index (κ1) is 18.4. The predicted molar refractivity (Wildman–Crippen MR) is 115 cm³/mol. The molecule has 0 N–H and O–H groups in total. The van der Waals surface area contributed by atoms with E-state index in [1.807, 2.05) is 68.8 Å². The van der Waals surface area contributed by atoms with E-state index in [2.05, 4.69) is 11.2 Å². The largest absolute Gasteiger partial charge is 0.488 e. The average Bonchev–Trinajstić information content (AvgIpc) is 3.37. The van der Waals surface area contributed by atoms with E-state index in [4.69, 9.17) is 9.72 Å². The van der Waals surface area contributed by atoms with Crippen LogP contribution in [0.3, 0.4) is 0 Å². The molecule has 1 aliphatic heterocycles. The third-order valence-corrected chi connectivity index (χ3v) is 5.49. The molecule has 2 aromatic carbocycles. The lowest BCUT2D eigenvalue weighted by atomic mass is 10.0. The summed E-state index contributed by atoms with van der Waals surface area (Å²) in [5, 5.41) is 5.08. The number of hydrogen-bond donors (Lipinski definition) is 0. The number of para-hydroxylation sites is 2. The normalized spacial score (nSPS) is 15.1. The minimum absolute atomic E-state index is 0.0396. The Morgan fingerprint density at radius 1 is 1.20 bits per heavy atom. The lowest BCUT2D eigenvalue weighted by molar-refractivity contribution is 0.0732. The van der Waals surface area contributed by atoms with E-state index in [0.29, 0.717) is 12.1 Å². The number of carbonyl (C=O) groups excluding carboxylic acids is 1. The van der Waals surface area contributed by atoms with Gasteiger partial charge in [0.2, 0.25) is 0 Å². The van der Waals surface area contributed by atoms with Crippen molar-refractivity contribution in [3.8, 4) is 17.0 Å². The maximum atomic E-state index is 13.4. The van der Waals surface area contributed by atoms with Crippen LogP contribution in [0.5, 0.6) is 5.75 Å². The number of aryl methyl sites for hydroxylation is 1. The van der Waals surface area contributed by atoms with Gasteiger partial charge in [-0.15, -0.1) is 0 Å². The number of fused-ring (bicyclic) bond motifs is 2. The van der Waals surface area contributed by atoms with Crippen LogP contribution in [0.4, 0.5) is 0 Å². The molecule has 150 valence electrons. The summed E-state index contributed by atoms with van der Waals surface area (Å²) < 4.78 is 7.76. The molecule has 0 saturated carbocycles. The highest BCUT2D eigenvalue weighted by atomic mass is 16.5. The van der Waals surface area contributed by atoms with Crippen molar-refractivity contribution in [3.05, 3.63) is 78.1 Å². The van der Waals surface area contributed by atoms with E-state index in [1.165, 1.54) is 5.56 Å². The Morgan fingerprint density at radius 3 is 2.80 bits per heavy atom. The van der Waals surface area contributed by atoms with Crippen LogP contribution in [-0.2, 0) is 13.5 Å². The summed E-state index contributed by atoms with van der Waals surface area (Å²) in [5.74, 6) is 0.870. The maximum absolute atomic E-state index is 13.4. The number of rotatable bonds is 4. The molecular formula is C24H22N4O2. The highest BCUT2D eigenvalue weighted by molar-refractivity contribution is 6.07. The van der Waals surface area contributed by atoms with Crippen LogP contribution in [0, 0.1) is 0 Å². The van der Waals surface area contributed by atoms with Crippen LogP contribution >= 0.6 is 0 Å². The summed E-state index contributed by atoms with van der Waals surface area (Å²) in [6, 6.07) is 17.7. The van der Waals surface area contributed by atoms with Crippen molar-refractivity contribution in [2.75, 3.05) is 13.6 Å². The molecule has 6 nitrogen and oxygen atoms in total. The number of amides is 1. The van der Waals surface area contributed by atoms with Gasteiger partial charge in [0.1, 0.15) is 11.9 Å². The smallest absolute Gasteiger partial charge is 0.254 e. The Balaban J connectivity index is 1.45. The second kappa shape index (κ2) is 7.30. The van der Waals surface area contributed by atoms with Gasteiger partial charge in [0, 0.05) is 37.7 Å². The molecule has 0 saturated heterocycles.